The molecule has 1 amide bonds. The number of amides is 1. The largest absolute Gasteiger partial charge is 0.486 e. The SMILES string of the molecule is CC(=O)c1ccc2c(c1)N(CCN1CCC(NCc3cc4c(cn3)OCCO4)CC1)C(=O)CO2. The van der Waals surface area contributed by atoms with Crippen LogP contribution in [0, 0.1) is 0 Å². The summed E-state index contributed by atoms with van der Waals surface area (Å²) in [5, 5.41) is 3.61. The zero-order valence-electron chi connectivity index (χ0n) is 19.4. The highest BCUT2D eigenvalue weighted by molar-refractivity contribution is 6.01. The Morgan fingerprint density at radius 1 is 1.06 bits per heavy atom. The number of fused-ring (bicyclic) bond motifs is 2. The first-order valence-electron chi connectivity index (χ1n) is 11.9. The van der Waals surface area contributed by atoms with Gasteiger partial charge >= 0.3 is 0 Å². The molecule has 0 radical (unpaired) electrons. The molecule has 180 valence electrons. The average molecular weight is 467 g/mol. The molecule has 5 rings (SSSR count). The topological polar surface area (TPSA) is 93.2 Å². The van der Waals surface area contributed by atoms with Gasteiger partial charge in [0.15, 0.2) is 23.9 Å². The second-order valence-corrected chi connectivity index (χ2v) is 8.89. The molecule has 0 atom stereocenters. The molecule has 0 aliphatic carbocycles. The Labute approximate surface area is 199 Å². The van der Waals surface area contributed by atoms with Gasteiger partial charge in [0.25, 0.3) is 5.91 Å². The molecule has 34 heavy (non-hydrogen) atoms. The third-order valence-electron chi connectivity index (χ3n) is 6.59. The van der Waals surface area contributed by atoms with E-state index < -0.39 is 0 Å². The van der Waals surface area contributed by atoms with Crippen LogP contribution in [0.3, 0.4) is 0 Å². The first kappa shape index (κ1) is 22.6. The minimum Gasteiger partial charge on any atom is -0.486 e. The lowest BCUT2D eigenvalue weighted by atomic mass is 10.0. The van der Waals surface area contributed by atoms with E-state index in [0.717, 1.165) is 43.9 Å². The maximum absolute atomic E-state index is 12.5. The van der Waals surface area contributed by atoms with Gasteiger partial charge in [0.1, 0.15) is 19.0 Å². The Morgan fingerprint density at radius 2 is 1.85 bits per heavy atom. The third kappa shape index (κ3) is 5.00. The number of piperidine rings is 1. The molecule has 1 N–H and O–H groups in total. The predicted octanol–water partition coefficient (Wildman–Crippen LogP) is 2.04. The van der Waals surface area contributed by atoms with Gasteiger partial charge in [-0.25, -0.2) is 0 Å². The van der Waals surface area contributed by atoms with Crippen LogP contribution in [0.2, 0.25) is 0 Å². The second-order valence-electron chi connectivity index (χ2n) is 8.89. The first-order valence-corrected chi connectivity index (χ1v) is 11.9. The van der Waals surface area contributed by atoms with Gasteiger partial charge < -0.3 is 29.3 Å². The molecular weight excluding hydrogens is 436 g/mol. The highest BCUT2D eigenvalue weighted by Gasteiger charge is 2.27. The average Bonchev–Trinajstić information content (AvgIpc) is 2.87. The van der Waals surface area contributed by atoms with Crippen molar-refractivity contribution >= 4 is 17.4 Å². The van der Waals surface area contributed by atoms with Crippen molar-refractivity contribution in [3.8, 4) is 17.2 Å². The van der Waals surface area contributed by atoms with Gasteiger partial charge in [-0.3, -0.25) is 14.6 Å². The zero-order valence-corrected chi connectivity index (χ0v) is 19.4. The highest BCUT2D eigenvalue weighted by Crippen LogP contribution is 2.33. The Kier molecular flexibility index (Phi) is 6.64. The molecule has 0 spiro atoms. The van der Waals surface area contributed by atoms with Crippen molar-refractivity contribution in [2.75, 3.05) is 50.9 Å². The normalized spacial score (nSPS) is 18.4. The number of carbonyl (C=O) groups excluding carboxylic acids is 2. The fourth-order valence-electron chi connectivity index (χ4n) is 4.60. The number of benzene rings is 1. The van der Waals surface area contributed by atoms with Gasteiger partial charge in [0, 0.05) is 37.3 Å². The van der Waals surface area contributed by atoms with Crippen LogP contribution in [0.5, 0.6) is 17.2 Å². The van der Waals surface area contributed by atoms with Crippen LogP contribution >= 0.6 is 0 Å². The number of aromatic nitrogens is 1. The van der Waals surface area contributed by atoms with Gasteiger partial charge in [-0.1, -0.05) is 0 Å². The molecule has 0 bridgehead atoms. The molecule has 3 aliphatic rings. The van der Waals surface area contributed by atoms with Crippen molar-refractivity contribution in [2.45, 2.75) is 32.4 Å². The molecule has 0 unspecified atom stereocenters. The van der Waals surface area contributed by atoms with Crippen LogP contribution in [0.1, 0.15) is 35.8 Å². The number of carbonyl (C=O) groups is 2. The number of ether oxygens (including phenoxy) is 3. The van der Waals surface area contributed by atoms with E-state index in [1.54, 1.807) is 29.3 Å². The number of anilines is 1. The molecule has 9 heteroatoms. The van der Waals surface area contributed by atoms with Crippen LogP contribution in [0.4, 0.5) is 5.69 Å². The maximum Gasteiger partial charge on any atom is 0.265 e. The lowest BCUT2D eigenvalue weighted by molar-refractivity contribution is -0.121. The molecular formula is C25H30N4O5. The van der Waals surface area contributed by atoms with Gasteiger partial charge in [-0.15, -0.1) is 0 Å². The lowest BCUT2D eigenvalue weighted by Gasteiger charge is -2.35. The Balaban J connectivity index is 1.11. The standard InChI is InChI=1S/C25H30N4O5/c1-17(30)18-2-3-22-21(12-18)29(25(31)16-34-22)9-8-28-6-4-19(5-7-28)26-14-20-13-23-24(15-27-20)33-11-10-32-23/h2-3,12-13,15,19,26H,4-11,14,16H2,1H3. The maximum atomic E-state index is 12.5. The van der Waals surface area contributed by atoms with Gasteiger partial charge in [0.05, 0.1) is 17.6 Å². The molecule has 2 aromatic rings. The Hall–Kier alpha value is -3.17. The van der Waals surface area contributed by atoms with Crippen molar-refractivity contribution in [3.63, 3.8) is 0 Å². The van der Waals surface area contributed by atoms with E-state index in [4.69, 9.17) is 14.2 Å². The molecule has 1 fully saturated rings. The van der Waals surface area contributed by atoms with Crippen LogP contribution in [-0.4, -0.2) is 73.6 Å². The lowest BCUT2D eigenvalue weighted by Crippen LogP contribution is -2.47. The predicted molar refractivity (Wildman–Crippen MR) is 126 cm³/mol. The summed E-state index contributed by atoms with van der Waals surface area (Å²) in [4.78, 5) is 32.9. The van der Waals surface area contributed by atoms with Crippen LogP contribution in [0.25, 0.3) is 0 Å². The summed E-state index contributed by atoms with van der Waals surface area (Å²) in [5.41, 5.74) is 2.22. The summed E-state index contributed by atoms with van der Waals surface area (Å²) in [6, 6.07) is 7.66. The number of hydrogen-bond donors (Lipinski definition) is 1. The summed E-state index contributed by atoms with van der Waals surface area (Å²) in [7, 11) is 0. The molecule has 4 heterocycles. The van der Waals surface area contributed by atoms with Crippen molar-refractivity contribution in [1.29, 1.82) is 0 Å². The minimum atomic E-state index is -0.0725. The third-order valence-corrected chi connectivity index (χ3v) is 6.59. The molecule has 1 aromatic heterocycles. The number of likely N-dealkylation sites (tertiary alicyclic amines) is 1. The zero-order chi connectivity index (χ0) is 23.5. The van der Waals surface area contributed by atoms with E-state index in [0.29, 0.717) is 55.1 Å². The van der Waals surface area contributed by atoms with Gasteiger partial charge in [-0.05, 0) is 51.1 Å². The fourth-order valence-corrected chi connectivity index (χ4v) is 4.60. The summed E-state index contributed by atoms with van der Waals surface area (Å²) >= 11 is 0. The summed E-state index contributed by atoms with van der Waals surface area (Å²) in [6.45, 7) is 6.68. The van der Waals surface area contributed by atoms with E-state index in [2.05, 4.69) is 15.2 Å². The number of rotatable bonds is 7. The number of Topliss-reactive ketones (excluding diaryl/α,β-unsaturated/α-hetero) is 1. The molecule has 3 aliphatic heterocycles. The second kappa shape index (κ2) is 9.99. The quantitative estimate of drug-likeness (QED) is 0.620. The monoisotopic (exact) mass is 466 g/mol. The van der Waals surface area contributed by atoms with Gasteiger partial charge in [-0.2, -0.15) is 0 Å². The smallest absolute Gasteiger partial charge is 0.265 e. The number of ketones is 1. The first-order chi connectivity index (χ1) is 16.6. The van der Waals surface area contributed by atoms with E-state index >= 15 is 0 Å². The summed E-state index contributed by atoms with van der Waals surface area (Å²) < 4.78 is 16.7. The molecule has 9 nitrogen and oxygen atoms in total. The van der Waals surface area contributed by atoms with Crippen LogP contribution in [-0.2, 0) is 11.3 Å². The Bertz CT molecular complexity index is 1070. The molecule has 1 aromatic carbocycles. The fraction of sp³-hybridized carbons (Fsp3) is 0.480. The van der Waals surface area contributed by atoms with Crippen molar-refractivity contribution in [1.82, 2.24) is 15.2 Å². The minimum absolute atomic E-state index is 0.0261. The molecule has 1 saturated heterocycles. The summed E-state index contributed by atoms with van der Waals surface area (Å²) in [6.07, 6.45) is 3.80. The van der Waals surface area contributed by atoms with Crippen molar-refractivity contribution in [2.24, 2.45) is 0 Å². The van der Waals surface area contributed by atoms with Crippen LogP contribution < -0.4 is 24.4 Å². The number of pyridine rings is 1. The van der Waals surface area contributed by atoms with E-state index in [1.807, 2.05) is 6.07 Å². The van der Waals surface area contributed by atoms with E-state index in [1.165, 1.54) is 6.92 Å². The molecule has 0 saturated carbocycles. The number of nitrogens with zero attached hydrogens (tertiary/aromatic N) is 3. The number of hydrogen-bond acceptors (Lipinski definition) is 8. The van der Waals surface area contributed by atoms with Crippen LogP contribution in [0.15, 0.2) is 30.5 Å². The van der Waals surface area contributed by atoms with Crippen molar-refractivity contribution in [3.05, 3.63) is 41.7 Å². The Morgan fingerprint density at radius 3 is 2.65 bits per heavy atom. The highest BCUT2D eigenvalue weighted by atomic mass is 16.6. The van der Waals surface area contributed by atoms with E-state index in [9.17, 15) is 9.59 Å². The van der Waals surface area contributed by atoms with Crippen molar-refractivity contribution < 1.29 is 23.8 Å². The van der Waals surface area contributed by atoms with Gasteiger partial charge in [0.2, 0.25) is 0 Å². The van der Waals surface area contributed by atoms with E-state index in [-0.39, 0.29) is 18.3 Å². The number of nitrogens with one attached hydrogen (secondary N) is 1. The summed E-state index contributed by atoms with van der Waals surface area (Å²) in [5.74, 6) is 2.03.